The van der Waals surface area contributed by atoms with Crippen LogP contribution < -0.4 is 0 Å². The zero-order valence-electron chi connectivity index (χ0n) is 5.88. The Kier molecular flexibility index (Phi) is 10.3. The molecule has 0 aromatic carbocycles. The summed E-state index contributed by atoms with van der Waals surface area (Å²) in [4.78, 5) is 0. The summed E-state index contributed by atoms with van der Waals surface area (Å²) in [5.41, 5.74) is 0. The Balaban J connectivity index is 3.34. The number of thiol groups is 4. The van der Waals surface area contributed by atoms with E-state index in [1.165, 1.54) is 0 Å². The summed E-state index contributed by atoms with van der Waals surface area (Å²) in [6.45, 7) is 0. The lowest BCUT2D eigenvalue weighted by molar-refractivity contribution is 1.17. The van der Waals surface area contributed by atoms with Crippen LogP contribution in [0.1, 0.15) is 0 Å². The van der Waals surface area contributed by atoms with Crippen LogP contribution in [0.4, 0.5) is 0 Å². The molecule has 0 saturated heterocycles. The lowest BCUT2D eigenvalue weighted by Crippen LogP contribution is -2.05. The lowest BCUT2D eigenvalue weighted by atomic mass is 10.6. The Bertz CT molecular complexity index is 83.0. The topological polar surface area (TPSA) is 0 Å². The van der Waals surface area contributed by atoms with Crippen LogP contribution in [-0.2, 0) is 0 Å². The van der Waals surface area contributed by atoms with Gasteiger partial charge in [0.05, 0.1) is 4.58 Å². The molecular weight excluding hydrogens is 252 g/mol. The molecule has 0 bridgehead atoms. The van der Waals surface area contributed by atoms with E-state index in [-0.39, 0.29) is 0 Å². The number of hydrogen-bond acceptors (Lipinski definition) is 6. The van der Waals surface area contributed by atoms with Crippen LogP contribution >= 0.6 is 72.1 Å². The molecule has 0 aliphatic heterocycles. The maximum Gasteiger partial charge on any atom is 0.0663 e. The monoisotopic (exact) mass is 264 g/mol. The van der Waals surface area contributed by atoms with Crippen LogP contribution in [0.15, 0.2) is 0 Å². The molecule has 0 N–H and O–H groups in total. The van der Waals surface area contributed by atoms with E-state index in [9.17, 15) is 0 Å². The average molecular weight is 265 g/mol. The fourth-order valence-electron chi connectivity index (χ4n) is 0.292. The van der Waals surface area contributed by atoms with Crippen molar-refractivity contribution in [3.63, 3.8) is 0 Å². The molecule has 0 radical (unpaired) electrons. The second-order valence-electron chi connectivity index (χ2n) is 1.82. The Morgan fingerprint density at radius 3 is 1.82 bits per heavy atom. The summed E-state index contributed by atoms with van der Waals surface area (Å²) in [5, 5.41) is 0.515. The standard InChI is InChI=1S/C5H12S6/c6-1-4(2-7)10-11-5(9)3-8/h4-9H,1-3H2. The minimum Gasteiger partial charge on any atom is -0.178 e. The molecule has 0 saturated carbocycles. The maximum absolute atomic E-state index is 4.30. The van der Waals surface area contributed by atoms with Gasteiger partial charge in [-0.05, 0) is 0 Å². The lowest BCUT2D eigenvalue weighted by Gasteiger charge is -2.12. The highest BCUT2D eigenvalue weighted by molar-refractivity contribution is 8.78. The van der Waals surface area contributed by atoms with Gasteiger partial charge in [0.25, 0.3) is 0 Å². The van der Waals surface area contributed by atoms with E-state index in [0.29, 0.717) is 9.83 Å². The number of hydrogen-bond donors (Lipinski definition) is 4. The van der Waals surface area contributed by atoms with Crippen LogP contribution in [0.3, 0.4) is 0 Å². The SMILES string of the molecule is SCC(S)SSC(CS)CS. The van der Waals surface area contributed by atoms with Crippen LogP contribution in [0.25, 0.3) is 0 Å². The molecule has 0 heterocycles. The first-order chi connectivity index (χ1) is 5.24. The fourth-order valence-corrected chi connectivity index (χ4v) is 4.72. The van der Waals surface area contributed by atoms with Crippen molar-refractivity contribution in [3.05, 3.63) is 0 Å². The van der Waals surface area contributed by atoms with Gasteiger partial charge < -0.3 is 0 Å². The van der Waals surface area contributed by atoms with Crippen molar-refractivity contribution < 1.29 is 0 Å². The quantitative estimate of drug-likeness (QED) is 0.331. The van der Waals surface area contributed by atoms with Gasteiger partial charge in [0, 0.05) is 22.5 Å². The van der Waals surface area contributed by atoms with Crippen molar-refractivity contribution >= 4 is 72.1 Å². The highest BCUT2D eigenvalue weighted by Crippen LogP contribution is 2.34. The van der Waals surface area contributed by atoms with E-state index < -0.39 is 0 Å². The molecule has 0 spiro atoms. The third-order valence-corrected chi connectivity index (χ3v) is 7.02. The summed E-state index contributed by atoms with van der Waals surface area (Å²) in [7, 11) is 3.53. The maximum atomic E-state index is 4.30. The largest absolute Gasteiger partial charge is 0.178 e. The highest BCUT2D eigenvalue weighted by atomic mass is 33.1. The molecule has 1 atom stereocenters. The van der Waals surface area contributed by atoms with Crippen LogP contribution in [0.2, 0.25) is 0 Å². The zero-order chi connectivity index (χ0) is 8.69. The normalized spacial score (nSPS) is 13.9. The van der Waals surface area contributed by atoms with E-state index in [2.05, 4.69) is 50.5 Å². The van der Waals surface area contributed by atoms with Gasteiger partial charge in [-0.3, -0.25) is 0 Å². The second-order valence-corrected chi connectivity index (χ2v) is 6.66. The van der Waals surface area contributed by atoms with E-state index in [4.69, 9.17) is 0 Å². The van der Waals surface area contributed by atoms with E-state index in [1.807, 2.05) is 0 Å². The Hall–Kier alpha value is 2.10. The molecule has 0 aliphatic rings. The van der Waals surface area contributed by atoms with Gasteiger partial charge >= 0.3 is 0 Å². The molecule has 0 amide bonds. The Morgan fingerprint density at radius 1 is 0.909 bits per heavy atom. The van der Waals surface area contributed by atoms with Gasteiger partial charge in [-0.1, -0.05) is 21.6 Å². The number of rotatable bonds is 6. The van der Waals surface area contributed by atoms with Crippen molar-refractivity contribution in [1.82, 2.24) is 0 Å². The van der Waals surface area contributed by atoms with Gasteiger partial charge in [-0.25, -0.2) is 0 Å². The molecule has 0 nitrogen and oxygen atoms in total. The smallest absolute Gasteiger partial charge is 0.0663 e. The van der Waals surface area contributed by atoms with Gasteiger partial charge in [-0.2, -0.15) is 50.5 Å². The first-order valence-corrected chi connectivity index (χ1v) is 7.76. The molecule has 0 fully saturated rings. The van der Waals surface area contributed by atoms with Gasteiger partial charge in [-0.15, -0.1) is 0 Å². The molecule has 0 aromatic rings. The molecule has 68 valence electrons. The Labute approximate surface area is 98.5 Å². The Morgan fingerprint density at radius 2 is 1.45 bits per heavy atom. The molecular formula is C5H12S6. The summed E-state index contributed by atoms with van der Waals surface area (Å²) in [5.74, 6) is 2.54. The molecule has 0 rings (SSSR count). The summed E-state index contributed by atoms with van der Waals surface area (Å²) in [6.07, 6.45) is 0. The molecule has 11 heavy (non-hydrogen) atoms. The summed E-state index contributed by atoms with van der Waals surface area (Å²) >= 11 is 16.8. The minimum atomic E-state index is 0.311. The second kappa shape index (κ2) is 8.69. The van der Waals surface area contributed by atoms with Crippen LogP contribution in [0, 0.1) is 0 Å². The van der Waals surface area contributed by atoms with Crippen molar-refractivity contribution in [3.8, 4) is 0 Å². The van der Waals surface area contributed by atoms with Crippen molar-refractivity contribution in [2.45, 2.75) is 9.83 Å². The average Bonchev–Trinajstić information content (AvgIpc) is 2.06. The van der Waals surface area contributed by atoms with Crippen molar-refractivity contribution in [2.75, 3.05) is 17.3 Å². The van der Waals surface area contributed by atoms with Crippen LogP contribution in [0.5, 0.6) is 0 Å². The summed E-state index contributed by atoms with van der Waals surface area (Å²) in [6, 6.07) is 0. The predicted molar refractivity (Wildman–Crippen MR) is 73.3 cm³/mol. The molecule has 6 heteroatoms. The minimum absolute atomic E-state index is 0.311. The van der Waals surface area contributed by atoms with Crippen molar-refractivity contribution in [1.29, 1.82) is 0 Å². The third-order valence-electron chi connectivity index (χ3n) is 0.866. The van der Waals surface area contributed by atoms with Crippen LogP contribution in [-0.4, -0.2) is 27.1 Å². The summed E-state index contributed by atoms with van der Waals surface area (Å²) < 4.78 is 0.311. The van der Waals surface area contributed by atoms with E-state index in [0.717, 1.165) is 17.3 Å². The van der Waals surface area contributed by atoms with Gasteiger partial charge in [0.2, 0.25) is 0 Å². The first kappa shape index (κ1) is 13.1. The predicted octanol–water partition coefficient (Wildman–Crippen LogP) is 2.78. The highest BCUT2D eigenvalue weighted by Gasteiger charge is 2.08. The van der Waals surface area contributed by atoms with E-state index >= 15 is 0 Å². The van der Waals surface area contributed by atoms with Gasteiger partial charge in [0.15, 0.2) is 0 Å². The van der Waals surface area contributed by atoms with E-state index in [1.54, 1.807) is 21.6 Å². The van der Waals surface area contributed by atoms with Crippen molar-refractivity contribution in [2.24, 2.45) is 0 Å². The third kappa shape index (κ3) is 7.19. The molecule has 0 aromatic heterocycles. The molecule has 0 aliphatic carbocycles. The first-order valence-electron chi connectivity index (χ1n) is 3.07. The van der Waals surface area contributed by atoms with Gasteiger partial charge in [0.1, 0.15) is 0 Å². The zero-order valence-corrected chi connectivity index (χ0v) is 11.1. The molecule has 1 unspecified atom stereocenters. The fraction of sp³-hybridized carbons (Fsp3) is 1.00.